The molecular weight excluding hydrogens is 284 g/mol. The van der Waals surface area contributed by atoms with Gasteiger partial charge in [-0.05, 0) is 24.1 Å². The number of ketones is 1. The summed E-state index contributed by atoms with van der Waals surface area (Å²) < 4.78 is 50.7. The van der Waals surface area contributed by atoms with Gasteiger partial charge in [0, 0.05) is 12.0 Å². The summed E-state index contributed by atoms with van der Waals surface area (Å²) in [6.45, 7) is 0. The van der Waals surface area contributed by atoms with Gasteiger partial charge in [0.1, 0.15) is 5.82 Å². The van der Waals surface area contributed by atoms with Gasteiger partial charge in [0.25, 0.3) is 0 Å². The molecule has 110 valence electrons. The molecule has 2 rings (SSSR count). The van der Waals surface area contributed by atoms with Gasteiger partial charge < -0.3 is 0 Å². The highest BCUT2D eigenvalue weighted by Gasteiger charge is 2.34. The van der Waals surface area contributed by atoms with Crippen LogP contribution in [-0.2, 0) is 12.6 Å². The molecule has 2 aromatic rings. The third-order valence-corrected chi connectivity index (χ3v) is 3.08. The van der Waals surface area contributed by atoms with E-state index in [2.05, 4.69) is 0 Å². The molecule has 0 amide bonds. The lowest BCUT2D eigenvalue weighted by Gasteiger charge is -2.09. The summed E-state index contributed by atoms with van der Waals surface area (Å²) in [6, 6.07) is 11.5. The zero-order chi connectivity index (χ0) is 15.5. The molecule has 0 unspecified atom stereocenters. The first kappa shape index (κ1) is 15.2. The average molecular weight is 296 g/mol. The number of rotatable bonds is 4. The smallest absolute Gasteiger partial charge is 0.294 e. The molecular formula is C16H12F4O. The summed E-state index contributed by atoms with van der Waals surface area (Å²) in [5, 5.41) is 0. The Bertz CT molecular complexity index is 632. The first-order valence-electron chi connectivity index (χ1n) is 6.32. The van der Waals surface area contributed by atoms with Gasteiger partial charge in [-0.2, -0.15) is 13.2 Å². The maximum absolute atomic E-state index is 13.4. The molecule has 0 atom stereocenters. The fourth-order valence-corrected chi connectivity index (χ4v) is 1.97. The fourth-order valence-electron chi connectivity index (χ4n) is 1.97. The lowest BCUT2D eigenvalue weighted by atomic mass is 10.0. The Morgan fingerprint density at radius 3 is 2.24 bits per heavy atom. The van der Waals surface area contributed by atoms with Gasteiger partial charge in [0.2, 0.25) is 0 Å². The number of benzene rings is 2. The molecule has 0 N–H and O–H groups in total. The zero-order valence-corrected chi connectivity index (χ0v) is 11.0. The minimum Gasteiger partial charge on any atom is -0.294 e. The first-order chi connectivity index (χ1) is 9.88. The number of alkyl halides is 3. The third-order valence-electron chi connectivity index (χ3n) is 3.08. The van der Waals surface area contributed by atoms with Crippen molar-refractivity contribution in [2.45, 2.75) is 19.0 Å². The number of carbonyl (C=O) groups is 1. The van der Waals surface area contributed by atoms with Crippen molar-refractivity contribution >= 4 is 5.78 Å². The normalized spacial score (nSPS) is 11.4. The Labute approximate surface area is 119 Å². The highest BCUT2D eigenvalue weighted by atomic mass is 19.4. The van der Waals surface area contributed by atoms with Crippen molar-refractivity contribution in [2.75, 3.05) is 0 Å². The SMILES string of the molecule is O=C(CCc1ccccc1)c1ccc(C(F)(F)F)c(F)c1. The number of hydrogen-bond acceptors (Lipinski definition) is 1. The number of Topliss-reactive ketones (excluding diaryl/α,β-unsaturated/α-hetero) is 1. The highest BCUT2D eigenvalue weighted by molar-refractivity contribution is 5.96. The molecule has 0 heterocycles. The van der Waals surface area contributed by atoms with Gasteiger partial charge in [-0.25, -0.2) is 4.39 Å². The van der Waals surface area contributed by atoms with Crippen molar-refractivity contribution in [2.24, 2.45) is 0 Å². The van der Waals surface area contributed by atoms with Gasteiger partial charge in [0.05, 0.1) is 5.56 Å². The minimum absolute atomic E-state index is 0.0450. The second-order valence-electron chi connectivity index (χ2n) is 4.60. The first-order valence-corrected chi connectivity index (χ1v) is 6.32. The Hall–Kier alpha value is -2.17. The van der Waals surface area contributed by atoms with Crippen LogP contribution in [0.5, 0.6) is 0 Å². The summed E-state index contributed by atoms with van der Waals surface area (Å²) in [5.74, 6) is -1.81. The lowest BCUT2D eigenvalue weighted by molar-refractivity contribution is -0.140. The second-order valence-corrected chi connectivity index (χ2v) is 4.60. The average Bonchev–Trinajstić information content (AvgIpc) is 2.44. The van der Waals surface area contributed by atoms with Crippen LogP contribution in [0, 0.1) is 5.82 Å². The monoisotopic (exact) mass is 296 g/mol. The molecule has 0 bridgehead atoms. The Morgan fingerprint density at radius 1 is 1.00 bits per heavy atom. The van der Waals surface area contributed by atoms with Gasteiger partial charge in [-0.3, -0.25) is 4.79 Å². The summed E-state index contributed by atoms with van der Waals surface area (Å²) in [6.07, 6.45) is -4.17. The Kier molecular flexibility index (Phi) is 4.40. The van der Waals surface area contributed by atoms with Crippen LogP contribution >= 0.6 is 0 Å². The van der Waals surface area contributed by atoms with E-state index in [4.69, 9.17) is 0 Å². The standard InChI is InChI=1S/C16H12F4O/c17-14-10-12(7-8-13(14)16(18,19)20)15(21)9-6-11-4-2-1-3-5-11/h1-5,7-8,10H,6,9H2. The van der Waals surface area contributed by atoms with Crippen LogP contribution in [0.4, 0.5) is 17.6 Å². The molecule has 0 aliphatic carbocycles. The van der Waals surface area contributed by atoms with Crippen LogP contribution in [0.3, 0.4) is 0 Å². The van der Waals surface area contributed by atoms with Crippen molar-refractivity contribution < 1.29 is 22.4 Å². The number of carbonyl (C=O) groups excluding carboxylic acids is 1. The van der Waals surface area contributed by atoms with Crippen molar-refractivity contribution in [3.05, 3.63) is 71.0 Å². The van der Waals surface area contributed by atoms with E-state index in [1.807, 2.05) is 30.3 Å². The molecule has 0 fully saturated rings. The third kappa shape index (κ3) is 3.90. The Morgan fingerprint density at radius 2 is 1.67 bits per heavy atom. The van der Waals surface area contributed by atoms with Gasteiger partial charge in [-0.1, -0.05) is 36.4 Å². The molecule has 21 heavy (non-hydrogen) atoms. The fraction of sp³-hybridized carbons (Fsp3) is 0.188. The predicted octanol–water partition coefficient (Wildman–Crippen LogP) is 4.66. The summed E-state index contributed by atoms with van der Waals surface area (Å²) in [4.78, 5) is 11.9. The van der Waals surface area contributed by atoms with Crippen LogP contribution in [0.25, 0.3) is 0 Å². The molecule has 0 aliphatic heterocycles. The van der Waals surface area contributed by atoms with Gasteiger partial charge in [-0.15, -0.1) is 0 Å². The van der Waals surface area contributed by atoms with Crippen LogP contribution in [-0.4, -0.2) is 5.78 Å². The molecule has 1 nitrogen and oxygen atoms in total. The maximum Gasteiger partial charge on any atom is 0.419 e. The van der Waals surface area contributed by atoms with Crippen molar-refractivity contribution in [3.8, 4) is 0 Å². The minimum atomic E-state index is -4.75. The Balaban J connectivity index is 2.08. The van der Waals surface area contributed by atoms with Crippen LogP contribution in [0.15, 0.2) is 48.5 Å². The summed E-state index contributed by atoms with van der Waals surface area (Å²) >= 11 is 0. The van der Waals surface area contributed by atoms with E-state index in [9.17, 15) is 22.4 Å². The van der Waals surface area contributed by atoms with Gasteiger partial charge in [0.15, 0.2) is 5.78 Å². The molecule has 0 aliphatic rings. The largest absolute Gasteiger partial charge is 0.419 e. The zero-order valence-electron chi connectivity index (χ0n) is 11.0. The van der Waals surface area contributed by atoms with E-state index in [1.165, 1.54) is 0 Å². The molecule has 0 saturated heterocycles. The van der Waals surface area contributed by atoms with Crippen molar-refractivity contribution in [1.29, 1.82) is 0 Å². The van der Waals surface area contributed by atoms with E-state index in [0.717, 1.165) is 11.6 Å². The van der Waals surface area contributed by atoms with Crippen molar-refractivity contribution in [3.63, 3.8) is 0 Å². The van der Waals surface area contributed by atoms with E-state index in [0.29, 0.717) is 18.6 Å². The summed E-state index contributed by atoms with van der Waals surface area (Å²) in [7, 11) is 0. The number of hydrogen-bond donors (Lipinski definition) is 0. The molecule has 0 radical (unpaired) electrons. The molecule has 2 aromatic carbocycles. The van der Waals surface area contributed by atoms with Gasteiger partial charge >= 0.3 is 6.18 Å². The molecule has 0 spiro atoms. The van der Waals surface area contributed by atoms with E-state index >= 15 is 0 Å². The van der Waals surface area contributed by atoms with E-state index < -0.39 is 17.6 Å². The summed E-state index contributed by atoms with van der Waals surface area (Å²) in [5.41, 5.74) is -0.461. The molecule has 0 aromatic heterocycles. The highest BCUT2D eigenvalue weighted by Crippen LogP contribution is 2.31. The lowest BCUT2D eigenvalue weighted by Crippen LogP contribution is -2.10. The second kappa shape index (κ2) is 6.08. The molecule has 5 heteroatoms. The van der Waals surface area contributed by atoms with Crippen LogP contribution < -0.4 is 0 Å². The van der Waals surface area contributed by atoms with Crippen LogP contribution in [0.1, 0.15) is 27.9 Å². The van der Waals surface area contributed by atoms with Crippen LogP contribution in [0.2, 0.25) is 0 Å². The predicted molar refractivity (Wildman–Crippen MR) is 70.5 cm³/mol. The quantitative estimate of drug-likeness (QED) is 0.592. The molecule has 0 saturated carbocycles. The van der Waals surface area contributed by atoms with E-state index in [-0.39, 0.29) is 17.8 Å². The topological polar surface area (TPSA) is 17.1 Å². The number of halogens is 4. The van der Waals surface area contributed by atoms with E-state index in [1.54, 1.807) is 0 Å². The number of aryl methyl sites for hydroxylation is 1. The maximum atomic E-state index is 13.4. The van der Waals surface area contributed by atoms with Crippen molar-refractivity contribution in [1.82, 2.24) is 0 Å².